The Labute approximate surface area is 117 Å². The third kappa shape index (κ3) is 2.88. The van der Waals surface area contributed by atoms with Gasteiger partial charge in [-0.2, -0.15) is 11.3 Å². The Morgan fingerprint density at radius 3 is 2.74 bits per heavy atom. The van der Waals surface area contributed by atoms with E-state index in [1.807, 2.05) is 18.3 Å². The van der Waals surface area contributed by atoms with E-state index in [-0.39, 0.29) is 0 Å². The number of hydrogen-bond donors (Lipinski definition) is 1. The minimum Gasteiger partial charge on any atom is -0.396 e. The van der Waals surface area contributed by atoms with Crippen LogP contribution < -0.4 is 10.6 Å². The molecular weight excluding hydrogens is 256 g/mol. The standard InChI is InChI=1S/C14H18N4S/c15-13-2-1-4-16-14(13)18-7-5-17(6-8-18)10-12-3-9-19-11-12/h1-4,9,11H,5-8,10,15H2. The molecule has 0 aliphatic carbocycles. The molecule has 2 N–H and O–H groups in total. The molecule has 1 aliphatic heterocycles. The van der Waals surface area contributed by atoms with Crippen LogP contribution in [0.25, 0.3) is 0 Å². The fourth-order valence-corrected chi connectivity index (χ4v) is 3.09. The van der Waals surface area contributed by atoms with Gasteiger partial charge in [-0.05, 0) is 34.5 Å². The molecule has 2 aromatic rings. The molecule has 0 atom stereocenters. The van der Waals surface area contributed by atoms with E-state index in [1.54, 1.807) is 11.3 Å². The van der Waals surface area contributed by atoms with Gasteiger partial charge in [-0.1, -0.05) is 0 Å². The largest absolute Gasteiger partial charge is 0.396 e. The molecule has 100 valence electrons. The monoisotopic (exact) mass is 274 g/mol. The van der Waals surface area contributed by atoms with Crippen LogP contribution >= 0.6 is 11.3 Å². The fraction of sp³-hybridized carbons (Fsp3) is 0.357. The second-order valence-corrected chi connectivity index (χ2v) is 5.59. The molecule has 4 nitrogen and oxygen atoms in total. The second-order valence-electron chi connectivity index (χ2n) is 4.81. The maximum Gasteiger partial charge on any atom is 0.151 e. The summed E-state index contributed by atoms with van der Waals surface area (Å²) in [6.07, 6.45) is 1.81. The van der Waals surface area contributed by atoms with Crippen LogP contribution in [0.1, 0.15) is 5.56 Å². The van der Waals surface area contributed by atoms with Crippen molar-refractivity contribution in [2.75, 3.05) is 36.8 Å². The molecule has 0 unspecified atom stereocenters. The number of pyridine rings is 1. The van der Waals surface area contributed by atoms with E-state index in [4.69, 9.17) is 5.73 Å². The smallest absolute Gasteiger partial charge is 0.151 e. The van der Waals surface area contributed by atoms with Gasteiger partial charge < -0.3 is 10.6 Å². The maximum atomic E-state index is 5.98. The lowest BCUT2D eigenvalue weighted by Crippen LogP contribution is -2.46. The van der Waals surface area contributed by atoms with E-state index in [0.717, 1.165) is 44.2 Å². The molecule has 2 aromatic heterocycles. The van der Waals surface area contributed by atoms with Crippen LogP contribution in [0.4, 0.5) is 11.5 Å². The molecule has 0 spiro atoms. The van der Waals surface area contributed by atoms with Crippen molar-refractivity contribution >= 4 is 22.8 Å². The number of nitrogens with two attached hydrogens (primary N) is 1. The first kappa shape index (κ1) is 12.4. The third-order valence-electron chi connectivity index (χ3n) is 3.47. The highest BCUT2D eigenvalue weighted by Crippen LogP contribution is 2.21. The fourth-order valence-electron chi connectivity index (χ4n) is 2.43. The zero-order valence-corrected chi connectivity index (χ0v) is 11.6. The number of piperazine rings is 1. The number of rotatable bonds is 3. The van der Waals surface area contributed by atoms with Crippen molar-refractivity contribution in [3.05, 3.63) is 40.7 Å². The Hall–Kier alpha value is -1.59. The van der Waals surface area contributed by atoms with Crippen LogP contribution in [0.15, 0.2) is 35.2 Å². The van der Waals surface area contributed by atoms with Crippen molar-refractivity contribution in [2.45, 2.75) is 6.54 Å². The normalized spacial score (nSPS) is 16.7. The summed E-state index contributed by atoms with van der Waals surface area (Å²) in [7, 11) is 0. The Morgan fingerprint density at radius 1 is 1.21 bits per heavy atom. The van der Waals surface area contributed by atoms with E-state index in [2.05, 4.69) is 31.6 Å². The average molecular weight is 274 g/mol. The number of hydrogen-bond acceptors (Lipinski definition) is 5. The van der Waals surface area contributed by atoms with Crippen LogP contribution in [0.5, 0.6) is 0 Å². The van der Waals surface area contributed by atoms with Gasteiger partial charge in [-0.25, -0.2) is 4.98 Å². The van der Waals surface area contributed by atoms with Crippen LogP contribution in [-0.4, -0.2) is 36.1 Å². The first-order valence-electron chi connectivity index (χ1n) is 6.52. The molecule has 19 heavy (non-hydrogen) atoms. The third-order valence-corrected chi connectivity index (χ3v) is 4.21. The highest BCUT2D eigenvalue weighted by molar-refractivity contribution is 7.07. The van der Waals surface area contributed by atoms with Gasteiger partial charge in [0.05, 0.1) is 5.69 Å². The van der Waals surface area contributed by atoms with Crippen molar-refractivity contribution in [3.8, 4) is 0 Å². The lowest BCUT2D eigenvalue weighted by Gasteiger charge is -2.35. The number of anilines is 2. The quantitative estimate of drug-likeness (QED) is 0.930. The first-order chi connectivity index (χ1) is 9.33. The summed E-state index contributed by atoms with van der Waals surface area (Å²) < 4.78 is 0. The van der Waals surface area contributed by atoms with Crippen molar-refractivity contribution in [3.63, 3.8) is 0 Å². The zero-order valence-electron chi connectivity index (χ0n) is 10.8. The van der Waals surface area contributed by atoms with E-state index < -0.39 is 0 Å². The Balaban J connectivity index is 1.59. The summed E-state index contributed by atoms with van der Waals surface area (Å²) in [4.78, 5) is 9.15. The van der Waals surface area contributed by atoms with Gasteiger partial charge in [-0.15, -0.1) is 0 Å². The number of nitrogens with zero attached hydrogens (tertiary/aromatic N) is 3. The molecule has 1 saturated heterocycles. The van der Waals surface area contributed by atoms with Crippen molar-refractivity contribution in [1.29, 1.82) is 0 Å². The predicted molar refractivity (Wildman–Crippen MR) is 80.5 cm³/mol. The summed E-state index contributed by atoms with van der Waals surface area (Å²) in [5.74, 6) is 0.928. The van der Waals surface area contributed by atoms with E-state index in [0.29, 0.717) is 0 Å². The molecule has 1 fully saturated rings. The maximum absolute atomic E-state index is 5.98. The minimum absolute atomic E-state index is 0.772. The highest BCUT2D eigenvalue weighted by Gasteiger charge is 2.19. The minimum atomic E-state index is 0.772. The van der Waals surface area contributed by atoms with Gasteiger partial charge >= 0.3 is 0 Å². The molecule has 3 rings (SSSR count). The topological polar surface area (TPSA) is 45.4 Å². The lowest BCUT2D eigenvalue weighted by atomic mass is 10.2. The lowest BCUT2D eigenvalue weighted by molar-refractivity contribution is 0.249. The van der Waals surface area contributed by atoms with Gasteiger partial charge in [0.2, 0.25) is 0 Å². The van der Waals surface area contributed by atoms with Gasteiger partial charge in [0.25, 0.3) is 0 Å². The second kappa shape index (κ2) is 5.59. The van der Waals surface area contributed by atoms with Crippen molar-refractivity contribution in [2.24, 2.45) is 0 Å². The number of aromatic nitrogens is 1. The summed E-state index contributed by atoms with van der Waals surface area (Å²) in [6.45, 7) is 5.16. The van der Waals surface area contributed by atoms with Crippen LogP contribution in [0.3, 0.4) is 0 Å². The molecule has 0 bridgehead atoms. The first-order valence-corrected chi connectivity index (χ1v) is 7.46. The molecule has 0 aromatic carbocycles. The Morgan fingerprint density at radius 2 is 2.05 bits per heavy atom. The van der Waals surface area contributed by atoms with Gasteiger partial charge in [0.1, 0.15) is 0 Å². The predicted octanol–water partition coefficient (Wildman–Crippen LogP) is 2.05. The SMILES string of the molecule is Nc1cccnc1N1CCN(Cc2ccsc2)CC1. The highest BCUT2D eigenvalue weighted by atomic mass is 32.1. The van der Waals surface area contributed by atoms with Crippen LogP contribution in [0, 0.1) is 0 Å². The van der Waals surface area contributed by atoms with Gasteiger partial charge in [0.15, 0.2) is 5.82 Å². The van der Waals surface area contributed by atoms with E-state index >= 15 is 0 Å². The molecular formula is C14H18N4S. The summed E-state index contributed by atoms with van der Waals surface area (Å²) in [6, 6.07) is 6.00. The van der Waals surface area contributed by atoms with Crippen LogP contribution in [-0.2, 0) is 6.54 Å². The molecule has 0 amide bonds. The Kier molecular flexibility index (Phi) is 3.66. The molecule has 0 saturated carbocycles. The van der Waals surface area contributed by atoms with E-state index in [1.165, 1.54) is 5.56 Å². The average Bonchev–Trinajstić information content (AvgIpc) is 2.93. The molecule has 0 radical (unpaired) electrons. The van der Waals surface area contributed by atoms with Gasteiger partial charge in [0, 0.05) is 38.9 Å². The van der Waals surface area contributed by atoms with E-state index in [9.17, 15) is 0 Å². The van der Waals surface area contributed by atoms with Crippen LogP contribution in [0.2, 0.25) is 0 Å². The number of thiophene rings is 1. The molecule has 1 aliphatic rings. The summed E-state index contributed by atoms with van der Waals surface area (Å²) in [5.41, 5.74) is 8.16. The van der Waals surface area contributed by atoms with Crippen molar-refractivity contribution in [1.82, 2.24) is 9.88 Å². The van der Waals surface area contributed by atoms with Crippen molar-refractivity contribution < 1.29 is 0 Å². The number of nitrogen functional groups attached to an aromatic ring is 1. The zero-order chi connectivity index (χ0) is 13.1. The Bertz CT molecular complexity index is 518. The molecule has 5 heteroatoms. The summed E-state index contributed by atoms with van der Waals surface area (Å²) in [5, 5.41) is 4.36. The van der Waals surface area contributed by atoms with Gasteiger partial charge in [-0.3, -0.25) is 4.90 Å². The molecule has 3 heterocycles. The summed E-state index contributed by atoms with van der Waals surface area (Å²) >= 11 is 1.76.